The Labute approximate surface area is 271 Å². The predicted molar refractivity (Wildman–Crippen MR) is 190 cm³/mol. The van der Waals surface area contributed by atoms with Crippen LogP contribution in [0.1, 0.15) is 0 Å². The third-order valence-electron chi connectivity index (χ3n) is 8.52. The Balaban J connectivity index is 1.12. The molecule has 0 spiro atoms. The largest absolute Gasteiger partial charge is 0.436 e. The second kappa shape index (κ2) is 11.2. The number of aromatic nitrogens is 2. The van der Waals surface area contributed by atoms with E-state index in [9.17, 15) is 0 Å². The first-order valence-electron chi connectivity index (χ1n) is 15.6. The topological polar surface area (TPSA) is 55.3 Å². The van der Waals surface area contributed by atoms with Gasteiger partial charge in [0.15, 0.2) is 11.2 Å². The maximum atomic E-state index is 6.06. The van der Waals surface area contributed by atoms with Gasteiger partial charge >= 0.3 is 0 Å². The first-order valence-corrected chi connectivity index (χ1v) is 15.6. The zero-order valence-electron chi connectivity index (χ0n) is 25.2. The van der Waals surface area contributed by atoms with Crippen molar-refractivity contribution >= 4 is 50.0 Å². The van der Waals surface area contributed by atoms with Crippen LogP contribution in [0.15, 0.2) is 173 Å². The molecule has 0 amide bonds. The van der Waals surface area contributed by atoms with Crippen LogP contribution in [0.25, 0.3) is 67.0 Å². The average Bonchev–Trinajstić information content (AvgIpc) is 3.77. The van der Waals surface area contributed by atoms with Gasteiger partial charge in [0.25, 0.3) is 0 Å². The van der Waals surface area contributed by atoms with Gasteiger partial charge in [0.05, 0.1) is 0 Å². The monoisotopic (exact) mass is 605 g/mol. The van der Waals surface area contributed by atoms with E-state index in [1.54, 1.807) is 0 Å². The highest BCUT2D eigenvalue weighted by Crippen LogP contribution is 2.39. The fraction of sp³-hybridized carbons (Fsp3) is 0. The van der Waals surface area contributed by atoms with E-state index >= 15 is 0 Å². The van der Waals surface area contributed by atoms with Crippen LogP contribution in [0.3, 0.4) is 0 Å². The van der Waals surface area contributed by atoms with E-state index < -0.39 is 0 Å². The first kappa shape index (κ1) is 26.9. The van der Waals surface area contributed by atoms with Crippen molar-refractivity contribution < 1.29 is 8.83 Å². The number of anilines is 3. The molecule has 0 bridgehead atoms. The molecule has 2 aromatic heterocycles. The summed E-state index contributed by atoms with van der Waals surface area (Å²) in [4.78, 5) is 11.7. The number of hydrogen-bond acceptors (Lipinski definition) is 5. The van der Waals surface area contributed by atoms with Crippen LogP contribution in [0.4, 0.5) is 17.1 Å². The fourth-order valence-corrected chi connectivity index (χ4v) is 6.14. The number of nitrogens with zero attached hydrogens (tertiary/aromatic N) is 3. The highest BCUT2D eigenvalue weighted by molar-refractivity contribution is 5.89. The molecule has 47 heavy (non-hydrogen) atoms. The maximum absolute atomic E-state index is 6.06. The van der Waals surface area contributed by atoms with Gasteiger partial charge in [0, 0.05) is 28.2 Å². The Hall–Kier alpha value is -6.46. The van der Waals surface area contributed by atoms with Gasteiger partial charge < -0.3 is 13.7 Å². The number of para-hydroxylation sites is 4. The molecule has 9 aromatic rings. The SMILES string of the molecule is c1cc(-c2ccc3ccccc3c2)cc(N(c2ccc(-c3nc4ccccc4o3)cc2)c2ccc(-c3nc4ccccc4o3)cc2)c1. The van der Waals surface area contributed by atoms with Crippen molar-refractivity contribution in [1.82, 2.24) is 9.97 Å². The van der Waals surface area contributed by atoms with Gasteiger partial charge in [-0.15, -0.1) is 0 Å². The molecule has 0 unspecified atom stereocenters. The van der Waals surface area contributed by atoms with Gasteiger partial charge in [0.2, 0.25) is 11.8 Å². The second-order valence-electron chi connectivity index (χ2n) is 11.5. The van der Waals surface area contributed by atoms with Crippen molar-refractivity contribution in [2.45, 2.75) is 0 Å². The number of fused-ring (bicyclic) bond motifs is 3. The van der Waals surface area contributed by atoms with Gasteiger partial charge in [-0.1, -0.05) is 72.8 Å². The zero-order chi connectivity index (χ0) is 31.2. The molecule has 0 saturated heterocycles. The minimum Gasteiger partial charge on any atom is -0.436 e. The van der Waals surface area contributed by atoms with E-state index in [4.69, 9.17) is 18.8 Å². The Morgan fingerprint density at radius 3 is 1.47 bits per heavy atom. The van der Waals surface area contributed by atoms with Gasteiger partial charge in [-0.3, -0.25) is 0 Å². The summed E-state index contributed by atoms with van der Waals surface area (Å²) in [6, 6.07) is 56.1. The van der Waals surface area contributed by atoms with Crippen LogP contribution >= 0.6 is 0 Å². The van der Waals surface area contributed by atoms with Crippen LogP contribution < -0.4 is 4.90 Å². The summed E-state index contributed by atoms with van der Waals surface area (Å²) >= 11 is 0. The van der Waals surface area contributed by atoms with Crippen LogP contribution in [-0.2, 0) is 0 Å². The van der Waals surface area contributed by atoms with Gasteiger partial charge in [-0.25, -0.2) is 9.97 Å². The van der Waals surface area contributed by atoms with E-state index in [2.05, 4.69) is 120 Å². The molecule has 0 fully saturated rings. The summed E-state index contributed by atoms with van der Waals surface area (Å²) in [6.07, 6.45) is 0. The molecule has 0 atom stereocenters. The predicted octanol–water partition coefficient (Wildman–Crippen LogP) is 11.6. The normalized spacial score (nSPS) is 11.4. The lowest BCUT2D eigenvalue weighted by Gasteiger charge is -2.26. The second-order valence-corrected chi connectivity index (χ2v) is 11.5. The van der Waals surface area contributed by atoms with Gasteiger partial charge in [-0.2, -0.15) is 0 Å². The van der Waals surface area contributed by atoms with Crippen molar-refractivity contribution in [3.8, 4) is 34.0 Å². The van der Waals surface area contributed by atoms with Crippen molar-refractivity contribution in [2.75, 3.05) is 4.90 Å². The van der Waals surface area contributed by atoms with E-state index in [1.165, 1.54) is 16.3 Å². The molecular weight excluding hydrogens is 578 g/mol. The molecule has 0 aliphatic heterocycles. The molecule has 0 aliphatic rings. The number of hydrogen-bond donors (Lipinski definition) is 0. The molecule has 2 heterocycles. The quantitative estimate of drug-likeness (QED) is 0.189. The van der Waals surface area contributed by atoms with Crippen LogP contribution in [-0.4, -0.2) is 9.97 Å². The highest BCUT2D eigenvalue weighted by atomic mass is 16.4. The lowest BCUT2D eigenvalue weighted by molar-refractivity contribution is 0.619. The lowest BCUT2D eigenvalue weighted by Crippen LogP contribution is -2.10. The molecule has 9 rings (SSSR count). The third kappa shape index (κ3) is 5.00. The van der Waals surface area contributed by atoms with Crippen molar-refractivity contribution in [1.29, 1.82) is 0 Å². The molecule has 0 aliphatic carbocycles. The third-order valence-corrected chi connectivity index (χ3v) is 8.52. The summed E-state index contributed by atoms with van der Waals surface area (Å²) in [5.41, 5.74) is 10.4. The molecule has 0 N–H and O–H groups in total. The molecule has 0 saturated carbocycles. The summed E-state index contributed by atoms with van der Waals surface area (Å²) < 4.78 is 12.1. The minimum atomic E-state index is 0.602. The Kier molecular flexibility index (Phi) is 6.39. The van der Waals surface area contributed by atoms with Crippen LogP contribution in [0.5, 0.6) is 0 Å². The minimum absolute atomic E-state index is 0.602. The Morgan fingerprint density at radius 2 is 0.872 bits per heavy atom. The molecule has 7 aromatic carbocycles. The van der Waals surface area contributed by atoms with E-state index in [0.29, 0.717) is 11.8 Å². The van der Waals surface area contributed by atoms with E-state index in [-0.39, 0.29) is 0 Å². The van der Waals surface area contributed by atoms with Crippen LogP contribution in [0, 0.1) is 0 Å². The van der Waals surface area contributed by atoms with Crippen molar-refractivity contribution in [3.05, 3.63) is 164 Å². The van der Waals surface area contributed by atoms with Crippen LogP contribution in [0.2, 0.25) is 0 Å². The summed E-state index contributed by atoms with van der Waals surface area (Å²) in [6.45, 7) is 0. The van der Waals surface area contributed by atoms with Crippen molar-refractivity contribution in [2.24, 2.45) is 0 Å². The number of rotatable bonds is 6. The zero-order valence-corrected chi connectivity index (χ0v) is 25.2. The maximum Gasteiger partial charge on any atom is 0.227 e. The number of benzene rings is 7. The highest BCUT2D eigenvalue weighted by Gasteiger charge is 2.16. The van der Waals surface area contributed by atoms with E-state index in [1.807, 2.05) is 48.5 Å². The first-order chi connectivity index (χ1) is 23.2. The molecule has 222 valence electrons. The number of oxazole rings is 2. The standard InChI is InChI=1S/C42H27N3O2/c1-2-9-31-26-33(17-16-28(31)8-1)32-10-7-11-36(27-32)45(34-22-18-29(19-23-34)41-43-37-12-3-5-14-39(37)46-41)35-24-20-30(21-25-35)42-44-38-13-4-6-15-40(38)47-42/h1-27H. The molecule has 5 heteroatoms. The molecule has 5 nitrogen and oxygen atoms in total. The average molecular weight is 606 g/mol. The van der Waals surface area contributed by atoms with Gasteiger partial charge in [-0.05, 0) is 113 Å². The fourth-order valence-electron chi connectivity index (χ4n) is 6.14. The lowest BCUT2D eigenvalue weighted by atomic mass is 10.0. The summed E-state index contributed by atoms with van der Waals surface area (Å²) in [7, 11) is 0. The van der Waals surface area contributed by atoms with E-state index in [0.717, 1.165) is 56.0 Å². The summed E-state index contributed by atoms with van der Waals surface area (Å²) in [5, 5.41) is 2.45. The Bertz CT molecular complexity index is 2340. The van der Waals surface area contributed by atoms with Gasteiger partial charge in [0.1, 0.15) is 11.0 Å². The Morgan fingerprint density at radius 1 is 0.362 bits per heavy atom. The van der Waals surface area contributed by atoms with Crippen molar-refractivity contribution in [3.63, 3.8) is 0 Å². The smallest absolute Gasteiger partial charge is 0.227 e. The molecular formula is C42H27N3O2. The summed E-state index contributed by atoms with van der Waals surface area (Å²) in [5.74, 6) is 1.20. The molecule has 0 radical (unpaired) electrons.